The van der Waals surface area contributed by atoms with Crippen molar-refractivity contribution in [3.8, 4) is 0 Å². The minimum Gasteiger partial charge on any atom is -0.323 e. The van der Waals surface area contributed by atoms with Gasteiger partial charge in [0.2, 0.25) is 15.9 Å². The van der Waals surface area contributed by atoms with E-state index in [-0.39, 0.29) is 27.7 Å². The Morgan fingerprint density at radius 2 is 1.90 bits per heavy atom. The van der Waals surface area contributed by atoms with Crippen molar-refractivity contribution in [2.45, 2.75) is 32.2 Å². The van der Waals surface area contributed by atoms with Gasteiger partial charge in [-0.05, 0) is 36.8 Å². The number of hydrogen-bond acceptors (Lipinski definition) is 5. The molecule has 3 aromatic rings. The van der Waals surface area contributed by atoms with Gasteiger partial charge in [0, 0.05) is 13.1 Å². The lowest BCUT2D eigenvalue weighted by Crippen LogP contribution is -2.31. The van der Waals surface area contributed by atoms with Gasteiger partial charge in [-0.15, -0.1) is 0 Å². The van der Waals surface area contributed by atoms with Gasteiger partial charge in [0.25, 0.3) is 5.56 Å². The molecule has 0 atom stereocenters. The molecule has 0 fully saturated rings. The summed E-state index contributed by atoms with van der Waals surface area (Å²) in [5, 5.41) is 3.20. The van der Waals surface area contributed by atoms with E-state index in [1.807, 2.05) is 13.0 Å². The number of rotatable bonds is 7. The van der Waals surface area contributed by atoms with E-state index in [0.717, 1.165) is 5.56 Å². The number of nitrogens with zero attached hydrogens (tertiary/aromatic N) is 3. The predicted octanol–water partition coefficient (Wildman–Crippen LogP) is 3.03. The number of anilines is 1. The minimum absolute atomic E-state index is 0.0240. The van der Waals surface area contributed by atoms with Gasteiger partial charge in [0.15, 0.2) is 0 Å². The summed E-state index contributed by atoms with van der Waals surface area (Å²) in [7, 11) is -3.71. The van der Waals surface area contributed by atoms with E-state index >= 15 is 0 Å². The molecular weight excluding hydrogens is 440 g/mol. The molecule has 0 aliphatic carbocycles. The molecule has 0 aliphatic heterocycles. The van der Waals surface area contributed by atoms with Crippen LogP contribution in [-0.2, 0) is 21.4 Å². The number of sulfonamides is 1. The Morgan fingerprint density at radius 3 is 2.58 bits per heavy atom. The van der Waals surface area contributed by atoms with E-state index in [1.54, 1.807) is 26.0 Å². The first-order chi connectivity index (χ1) is 14.7. The zero-order valence-electron chi connectivity index (χ0n) is 17.4. The summed E-state index contributed by atoms with van der Waals surface area (Å²) < 4.78 is 28.0. The monoisotopic (exact) mass is 462 g/mol. The van der Waals surface area contributed by atoms with Crippen LogP contribution in [-0.4, -0.2) is 41.3 Å². The van der Waals surface area contributed by atoms with Crippen LogP contribution in [0.15, 0.2) is 52.4 Å². The number of para-hydroxylation sites is 1. The first kappa shape index (κ1) is 22.9. The summed E-state index contributed by atoms with van der Waals surface area (Å²) in [4.78, 5) is 29.6. The zero-order valence-corrected chi connectivity index (χ0v) is 19.0. The summed E-state index contributed by atoms with van der Waals surface area (Å²) in [6.45, 7) is 5.69. The second kappa shape index (κ2) is 9.17. The second-order valence-corrected chi connectivity index (χ2v) is 9.27. The SMILES string of the molecule is CCN(CC)S(=O)(=O)c1ccc(Cl)c(NC(=O)Cn2cnc3c(C)cccc3c2=O)c1. The largest absolute Gasteiger partial charge is 0.323 e. The number of aryl methyl sites for hydroxylation is 1. The molecule has 1 heterocycles. The summed E-state index contributed by atoms with van der Waals surface area (Å²) in [5.41, 5.74) is 1.26. The lowest BCUT2D eigenvalue weighted by atomic mass is 10.1. The van der Waals surface area contributed by atoms with E-state index in [2.05, 4.69) is 10.3 Å². The standard InChI is InChI=1S/C21H23ClN4O4S/c1-4-26(5-2)31(29,30)15-9-10-17(22)18(11-15)24-19(27)12-25-13-23-20-14(3)7-6-8-16(20)21(25)28/h6-11,13H,4-5,12H2,1-3H3,(H,24,27). The van der Waals surface area contributed by atoms with Gasteiger partial charge in [-0.25, -0.2) is 13.4 Å². The number of benzene rings is 2. The molecule has 3 rings (SSSR count). The van der Waals surface area contributed by atoms with Crippen molar-refractivity contribution in [2.24, 2.45) is 0 Å². The summed E-state index contributed by atoms with van der Waals surface area (Å²) >= 11 is 6.16. The topological polar surface area (TPSA) is 101 Å². The van der Waals surface area contributed by atoms with E-state index in [1.165, 1.54) is 33.4 Å². The predicted molar refractivity (Wildman–Crippen MR) is 121 cm³/mol. The van der Waals surface area contributed by atoms with Crippen LogP contribution in [0.2, 0.25) is 5.02 Å². The van der Waals surface area contributed by atoms with Crippen molar-refractivity contribution in [3.05, 3.63) is 63.7 Å². The molecule has 2 aromatic carbocycles. The Balaban J connectivity index is 1.87. The quantitative estimate of drug-likeness (QED) is 0.581. The molecule has 1 amide bonds. The lowest BCUT2D eigenvalue weighted by Gasteiger charge is -2.19. The number of carbonyl (C=O) groups is 1. The van der Waals surface area contributed by atoms with Gasteiger partial charge in [-0.3, -0.25) is 14.2 Å². The number of aromatic nitrogens is 2. The molecule has 1 N–H and O–H groups in total. The van der Waals surface area contributed by atoms with Crippen LogP contribution in [0.25, 0.3) is 10.9 Å². The van der Waals surface area contributed by atoms with Gasteiger partial charge in [0.05, 0.1) is 32.8 Å². The molecule has 10 heteroatoms. The van der Waals surface area contributed by atoms with E-state index in [9.17, 15) is 18.0 Å². The van der Waals surface area contributed by atoms with Crippen LogP contribution in [0, 0.1) is 6.92 Å². The van der Waals surface area contributed by atoms with Crippen LogP contribution >= 0.6 is 11.6 Å². The fourth-order valence-electron chi connectivity index (χ4n) is 3.27. The maximum atomic E-state index is 12.7. The molecule has 0 aliphatic rings. The van der Waals surface area contributed by atoms with E-state index in [4.69, 9.17) is 11.6 Å². The van der Waals surface area contributed by atoms with Crippen LogP contribution < -0.4 is 10.9 Å². The molecule has 8 nitrogen and oxygen atoms in total. The molecule has 164 valence electrons. The van der Waals surface area contributed by atoms with Gasteiger partial charge in [-0.2, -0.15) is 4.31 Å². The maximum Gasteiger partial charge on any atom is 0.261 e. The van der Waals surface area contributed by atoms with E-state index < -0.39 is 15.9 Å². The second-order valence-electron chi connectivity index (χ2n) is 6.93. The Labute approximate surface area is 185 Å². The average molecular weight is 463 g/mol. The van der Waals surface area contributed by atoms with Crippen molar-refractivity contribution in [2.75, 3.05) is 18.4 Å². The average Bonchev–Trinajstić information content (AvgIpc) is 2.72. The third-order valence-corrected chi connectivity index (χ3v) is 7.30. The fourth-order valence-corrected chi connectivity index (χ4v) is 4.92. The summed E-state index contributed by atoms with van der Waals surface area (Å²) in [6, 6.07) is 9.40. The third kappa shape index (κ3) is 4.63. The van der Waals surface area contributed by atoms with Crippen molar-refractivity contribution < 1.29 is 13.2 Å². The number of hydrogen-bond donors (Lipinski definition) is 1. The fraction of sp³-hybridized carbons (Fsp3) is 0.286. The first-order valence-electron chi connectivity index (χ1n) is 9.73. The normalized spacial score (nSPS) is 11.8. The first-order valence-corrected chi connectivity index (χ1v) is 11.5. The zero-order chi connectivity index (χ0) is 22.8. The number of carbonyl (C=O) groups excluding carboxylic acids is 1. The molecular formula is C21H23ClN4O4S. The van der Waals surface area contributed by atoms with Gasteiger partial charge in [0.1, 0.15) is 6.54 Å². The number of amides is 1. The highest BCUT2D eigenvalue weighted by molar-refractivity contribution is 7.89. The summed E-state index contributed by atoms with van der Waals surface area (Å²) in [5.74, 6) is -0.532. The lowest BCUT2D eigenvalue weighted by molar-refractivity contribution is -0.116. The highest BCUT2D eigenvalue weighted by Crippen LogP contribution is 2.27. The summed E-state index contributed by atoms with van der Waals surface area (Å²) in [6.07, 6.45) is 1.32. The van der Waals surface area contributed by atoms with Crippen LogP contribution in [0.5, 0.6) is 0 Å². The van der Waals surface area contributed by atoms with Gasteiger partial charge >= 0.3 is 0 Å². The van der Waals surface area contributed by atoms with Gasteiger partial charge in [-0.1, -0.05) is 37.6 Å². The van der Waals surface area contributed by atoms with Gasteiger partial charge < -0.3 is 5.32 Å². The number of fused-ring (bicyclic) bond motifs is 1. The highest BCUT2D eigenvalue weighted by Gasteiger charge is 2.23. The van der Waals surface area contributed by atoms with Crippen molar-refractivity contribution in [1.82, 2.24) is 13.9 Å². The molecule has 31 heavy (non-hydrogen) atoms. The Bertz CT molecular complexity index is 1300. The third-order valence-electron chi connectivity index (χ3n) is 4.92. The molecule has 0 spiro atoms. The van der Waals surface area contributed by atoms with Crippen molar-refractivity contribution >= 4 is 44.1 Å². The Hall–Kier alpha value is -2.75. The van der Waals surface area contributed by atoms with E-state index in [0.29, 0.717) is 24.0 Å². The smallest absolute Gasteiger partial charge is 0.261 e. The molecule has 0 saturated heterocycles. The molecule has 1 aromatic heterocycles. The van der Waals surface area contributed by atoms with Crippen molar-refractivity contribution in [3.63, 3.8) is 0 Å². The van der Waals surface area contributed by atoms with Crippen LogP contribution in [0.4, 0.5) is 5.69 Å². The van der Waals surface area contributed by atoms with Crippen molar-refractivity contribution in [1.29, 1.82) is 0 Å². The molecule has 0 saturated carbocycles. The minimum atomic E-state index is -3.71. The Kier molecular flexibility index (Phi) is 6.78. The number of halogens is 1. The van der Waals surface area contributed by atoms with Crippen LogP contribution in [0.1, 0.15) is 19.4 Å². The maximum absolute atomic E-state index is 12.7. The van der Waals surface area contributed by atoms with Crippen LogP contribution in [0.3, 0.4) is 0 Å². The molecule has 0 unspecified atom stereocenters. The molecule has 0 radical (unpaired) electrons. The highest BCUT2D eigenvalue weighted by atomic mass is 35.5. The number of nitrogens with one attached hydrogen (secondary N) is 1. The molecule has 0 bridgehead atoms. The Morgan fingerprint density at radius 1 is 1.19 bits per heavy atom.